The Kier molecular flexibility index (Phi) is 4.73. The molecule has 11 heteroatoms. The minimum absolute atomic E-state index is 0.0482. The zero-order valence-corrected chi connectivity index (χ0v) is 21.7. The summed E-state index contributed by atoms with van der Waals surface area (Å²) in [7, 11) is -5.77. The second-order valence-electron chi connectivity index (χ2n) is 7.95. The quantitative estimate of drug-likeness (QED) is 0.188. The van der Waals surface area contributed by atoms with Gasteiger partial charge in [0.2, 0.25) is 0 Å². The summed E-state index contributed by atoms with van der Waals surface area (Å²) in [5, 5.41) is 5.21. The third-order valence-corrected chi connectivity index (χ3v) is 5.84. The van der Waals surface area contributed by atoms with Gasteiger partial charge in [-0.05, 0) is 66.2 Å². The number of rotatable bonds is 11. The number of benzene rings is 3. The molecule has 0 aliphatic rings. The lowest BCUT2D eigenvalue weighted by molar-refractivity contribution is 0.306. The van der Waals surface area contributed by atoms with E-state index in [4.69, 9.17) is 38.6 Å². The average molecular weight is 594 g/mol. The van der Waals surface area contributed by atoms with Crippen LogP contribution in [0.3, 0.4) is 0 Å². The molecule has 0 bridgehead atoms. The topological polar surface area (TPSA) is 106 Å². The van der Waals surface area contributed by atoms with Crippen molar-refractivity contribution in [3.8, 4) is 17.1 Å². The molecular formula is C29H26ClFN4O4S. The van der Waals surface area contributed by atoms with E-state index in [0.717, 1.165) is 6.07 Å². The fourth-order valence-corrected chi connectivity index (χ4v) is 3.89. The summed E-state index contributed by atoms with van der Waals surface area (Å²) in [5.74, 6) is -1.39. The highest BCUT2D eigenvalue weighted by Crippen LogP contribution is 2.32. The summed E-state index contributed by atoms with van der Waals surface area (Å²) < 4.78 is 151. The zero-order valence-electron chi connectivity index (χ0n) is 33.1. The van der Waals surface area contributed by atoms with E-state index in [1.54, 1.807) is 29.6 Å². The second kappa shape index (κ2) is 12.0. The first-order valence-corrected chi connectivity index (χ1v) is 13.1. The Morgan fingerprint density at radius 2 is 2.08 bits per heavy atom. The molecule has 3 aromatic carbocycles. The largest absolute Gasteiger partial charge is 0.487 e. The molecule has 0 fully saturated rings. The van der Waals surface area contributed by atoms with Gasteiger partial charge in [0.05, 0.1) is 31.0 Å². The lowest BCUT2D eigenvalue weighted by atomic mass is 10.1. The number of furan rings is 1. The predicted octanol–water partition coefficient (Wildman–Crippen LogP) is 6.14. The number of halogens is 2. The number of aromatic nitrogens is 2. The first kappa shape index (κ1) is 15.7. The molecule has 0 saturated carbocycles. The lowest BCUT2D eigenvalue weighted by Gasteiger charge is -2.12. The van der Waals surface area contributed by atoms with Crippen LogP contribution in [-0.2, 0) is 22.9 Å². The van der Waals surface area contributed by atoms with Gasteiger partial charge in [0, 0.05) is 38.9 Å². The van der Waals surface area contributed by atoms with E-state index < -0.39 is 77.1 Å². The summed E-state index contributed by atoms with van der Waals surface area (Å²) in [6, 6.07) is 8.90. The van der Waals surface area contributed by atoms with Gasteiger partial charge in [0.15, 0.2) is 0 Å². The summed E-state index contributed by atoms with van der Waals surface area (Å²) in [4.78, 5) is 8.51. The predicted molar refractivity (Wildman–Crippen MR) is 154 cm³/mol. The smallest absolute Gasteiger partial charge is 0.148 e. The standard InChI is InChI=1S/C29H26ClFN4O4S/c1-40(36,37)12-11-32-16-23-7-10-27(39-23)20-5-8-26-24(14-20)29(34-18-33-26)35-22-6-9-28(25(30)15-22)38-17-19-3-2-4-21(31)13-19/h2-10,13-15,18,32H,11-12,16-17H2,1H3,(H,33,34,35)/i1D3,2D,3D,4D,11D2,12D2,13D,16D2. The Labute approximate surface area is 254 Å². The second-order valence-corrected chi connectivity index (χ2v) is 9.57. The molecular weight excluding hydrogens is 555 g/mol. The first-order chi connectivity index (χ1) is 24.4. The van der Waals surface area contributed by atoms with Crippen LogP contribution in [0.5, 0.6) is 5.75 Å². The van der Waals surface area contributed by atoms with Gasteiger partial charge in [-0.2, -0.15) is 0 Å². The van der Waals surface area contributed by atoms with Crippen LogP contribution in [0.1, 0.15) is 29.1 Å². The molecule has 5 rings (SSSR count). The van der Waals surface area contributed by atoms with Gasteiger partial charge in [0.25, 0.3) is 0 Å². The van der Waals surface area contributed by atoms with Crippen LogP contribution in [0.4, 0.5) is 15.9 Å². The van der Waals surface area contributed by atoms with Crippen molar-refractivity contribution >= 4 is 43.8 Å². The van der Waals surface area contributed by atoms with Crippen LogP contribution < -0.4 is 15.4 Å². The highest BCUT2D eigenvalue weighted by Gasteiger charge is 2.11. The normalized spacial score (nSPS) is 17.7. The SMILES string of the molecule is [2H]c1c([2H])c(F)c([2H])c(COc2ccc(Nc3ncnc4ccc(-c5ccc(C([2H])([2H])NC([2H])([2H])C([2H])([2H])S(=O)(=O)C([2H])([2H])[2H])o5)cc34)cc2Cl)c1[2H]. The Morgan fingerprint density at radius 1 is 1.18 bits per heavy atom. The molecule has 0 radical (unpaired) electrons. The van der Waals surface area contributed by atoms with Crippen molar-refractivity contribution in [2.45, 2.75) is 13.1 Å². The number of sulfone groups is 1. The molecule has 8 nitrogen and oxygen atoms in total. The van der Waals surface area contributed by atoms with Gasteiger partial charge in [-0.1, -0.05) is 23.7 Å². The van der Waals surface area contributed by atoms with Gasteiger partial charge in [-0.3, -0.25) is 0 Å². The van der Waals surface area contributed by atoms with Gasteiger partial charge in [-0.15, -0.1) is 0 Å². The van der Waals surface area contributed by atoms with E-state index in [1.165, 1.54) is 24.5 Å². The minimum atomic E-state index is -5.77. The van der Waals surface area contributed by atoms with Crippen molar-refractivity contribution in [1.29, 1.82) is 0 Å². The Bertz CT molecular complexity index is 2310. The third-order valence-electron chi connectivity index (χ3n) is 5.17. The highest BCUT2D eigenvalue weighted by molar-refractivity contribution is 7.90. The summed E-state index contributed by atoms with van der Waals surface area (Å²) in [5.41, 5.74) is -3.08. The van der Waals surface area contributed by atoms with Crippen molar-refractivity contribution in [3.05, 3.63) is 101 Å². The van der Waals surface area contributed by atoms with E-state index in [0.29, 0.717) is 22.2 Å². The molecule has 0 amide bonds. The summed E-state index contributed by atoms with van der Waals surface area (Å²) in [6.45, 7) is -7.25. The van der Waals surface area contributed by atoms with Crippen LogP contribution in [0.15, 0.2) is 83.4 Å². The fourth-order valence-electron chi connectivity index (χ4n) is 3.47. The van der Waals surface area contributed by atoms with E-state index >= 15 is 0 Å². The maximum atomic E-state index is 14.2. The molecule has 0 unspecified atom stereocenters. The first-order valence-electron chi connectivity index (χ1n) is 17.7. The lowest BCUT2D eigenvalue weighted by Crippen LogP contribution is -2.21. The molecule has 0 atom stereocenters. The Hall–Kier alpha value is -3.99. The summed E-state index contributed by atoms with van der Waals surface area (Å²) in [6.07, 6.45) is -2.64. The van der Waals surface area contributed by atoms with Crippen LogP contribution >= 0.6 is 11.6 Å². The molecule has 2 N–H and O–H groups in total. The average Bonchev–Trinajstić information content (AvgIpc) is 3.58. The van der Waals surface area contributed by atoms with Crippen LogP contribution in [0.2, 0.25) is 5.02 Å². The maximum absolute atomic E-state index is 14.2. The van der Waals surface area contributed by atoms with Crippen LogP contribution in [0.25, 0.3) is 22.2 Å². The van der Waals surface area contributed by atoms with E-state index in [9.17, 15) is 12.8 Å². The molecule has 0 saturated heterocycles. The van der Waals surface area contributed by atoms with Gasteiger partial charge < -0.3 is 19.8 Å². The molecule has 0 spiro atoms. The van der Waals surface area contributed by atoms with Crippen molar-refractivity contribution in [2.75, 3.05) is 23.7 Å². The van der Waals surface area contributed by atoms with Crippen LogP contribution in [0, 0.1) is 5.82 Å². The van der Waals surface area contributed by atoms with E-state index in [-0.39, 0.29) is 27.9 Å². The number of nitrogens with one attached hydrogen (secondary N) is 2. The molecule has 0 aliphatic carbocycles. The number of hydrogen-bond donors (Lipinski definition) is 2. The Morgan fingerprint density at radius 3 is 2.92 bits per heavy atom. The number of fused-ring (bicyclic) bond motifs is 1. The molecule has 206 valence electrons. The number of anilines is 2. The van der Waals surface area contributed by atoms with Gasteiger partial charge in [0.1, 0.15) is 51.7 Å². The summed E-state index contributed by atoms with van der Waals surface area (Å²) >= 11 is 6.42. The molecule has 0 aliphatic heterocycles. The fraction of sp³-hybridized carbons (Fsp3) is 0.172. The molecule has 2 heterocycles. The van der Waals surface area contributed by atoms with Gasteiger partial charge >= 0.3 is 0 Å². The van der Waals surface area contributed by atoms with Crippen molar-refractivity contribution in [1.82, 2.24) is 15.3 Å². The van der Waals surface area contributed by atoms with Crippen molar-refractivity contribution < 1.29 is 39.8 Å². The number of hydrogen-bond acceptors (Lipinski definition) is 8. The highest BCUT2D eigenvalue weighted by atomic mass is 35.5. The van der Waals surface area contributed by atoms with E-state index in [2.05, 4.69) is 15.3 Å². The Balaban J connectivity index is 1.37. The number of nitrogens with zero attached hydrogens (tertiary/aromatic N) is 2. The third kappa shape index (κ3) is 7.15. The minimum Gasteiger partial charge on any atom is -0.487 e. The number of ether oxygens (including phenoxy) is 1. The van der Waals surface area contributed by atoms with Crippen LogP contribution in [-0.4, -0.2) is 36.8 Å². The van der Waals surface area contributed by atoms with Crippen molar-refractivity contribution in [3.63, 3.8) is 0 Å². The molecule has 2 aromatic heterocycles. The van der Waals surface area contributed by atoms with Crippen molar-refractivity contribution in [2.24, 2.45) is 0 Å². The monoisotopic (exact) mass is 593 g/mol. The van der Waals surface area contributed by atoms with E-state index in [1.807, 2.05) is 0 Å². The molecule has 40 heavy (non-hydrogen) atoms. The zero-order chi connectivity index (χ0) is 39.5. The maximum Gasteiger partial charge on any atom is 0.148 e. The molecule has 5 aromatic rings. The van der Waals surface area contributed by atoms with Gasteiger partial charge in [-0.25, -0.2) is 22.8 Å².